The van der Waals surface area contributed by atoms with Gasteiger partial charge in [0.1, 0.15) is 11.6 Å². The summed E-state index contributed by atoms with van der Waals surface area (Å²) in [5, 5.41) is 3.50. The molecule has 0 amide bonds. The fourth-order valence-corrected chi connectivity index (χ4v) is 2.08. The molecule has 0 spiro atoms. The van der Waals surface area contributed by atoms with E-state index >= 15 is 0 Å². The second kappa shape index (κ2) is 5.67. The molecule has 2 aromatic rings. The van der Waals surface area contributed by atoms with Crippen molar-refractivity contribution < 1.29 is 8.78 Å². The maximum absolute atomic E-state index is 13.4. The van der Waals surface area contributed by atoms with Crippen LogP contribution in [0.4, 0.5) is 14.5 Å². The van der Waals surface area contributed by atoms with E-state index in [0.717, 1.165) is 16.1 Å². The molecule has 2 aromatic carbocycles. The molecule has 0 saturated carbocycles. The lowest BCUT2D eigenvalue weighted by Gasteiger charge is -2.09. The third kappa shape index (κ3) is 3.21. The second-order valence-corrected chi connectivity index (χ2v) is 5.00. The third-order valence-corrected chi connectivity index (χ3v) is 3.42. The van der Waals surface area contributed by atoms with E-state index in [4.69, 9.17) is 11.6 Å². The summed E-state index contributed by atoms with van der Waals surface area (Å²) in [7, 11) is 0. The number of hydrogen-bond donors (Lipinski definition) is 1. The van der Waals surface area contributed by atoms with Crippen molar-refractivity contribution in [3.8, 4) is 0 Å². The van der Waals surface area contributed by atoms with Gasteiger partial charge in [0.25, 0.3) is 0 Å². The summed E-state index contributed by atoms with van der Waals surface area (Å²) in [5.74, 6) is -1.21. The quantitative estimate of drug-likeness (QED) is 0.834. The first-order valence-electron chi connectivity index (χ1n) is 5.19. The smallest absolute Gasteiger partial charge is 0.149 e. The van der Waals surface area contributed by atoms with Crippen molar-refractivity contribution in [1.82, 2.24) is 0 Å². The summed E-state index contributed by atoms with van der Waals surface area (Å²) in [4.78, 5) is 0. The molecule has 1 nitrogen and oxygen atoms in total. The van der Waals surface area contributed by atoms with E-state index in [9.17, 15) is 8.78 Å². The van der Waals surface area contributed by atoms with E-state index in [0.29, 0.717) is 11.6 Å². The molecule has 18 heavy (non-hydrogen) atoms. The van der Waals surface area contributed by atoms with Crippen molar-refractivity contribution in [3.63, 3.8) is 0 Å². The van der Waals surface area contributed by atoms with Crippen LogP contribution in [0.25, 0.3) is 0 Å². The van der Waals surface area contributed by atoms with E-state index in [2.05, 4.69) is 21.2 Å². The standard InChI is InChI=1S/C13H9BrClF2N/c14-11-3-1-9(15)5-8(11)7-18-13-4-2-10(16)6-12(13)17/h1-6,18H,7H2. The Morgan fingerprint density at radius 1 is 1.11 bits per heavy atom. The molecule has 0 unspecified atom stereocenters. The lowest BCUT2D eigenvalue weighted by molar-refractivity contribution is 0.585. The molecule has 5 heteroatoms. The Hall–Kier alpha value is -1.13. The maximum atomic E-state index is 13.4. The van der Waals surface area contributed by atoms with Gasteiger partial charge < -0.3 is 5.32 Å². The van der Waals surface area contributed by atoms with Crippen LogP contribution in [0.2, 0.25) is 5.02 Å². The van der Waals surface area contributed by atoms with Crippen molar-refractivity contribution in [3.05, 3.63) is 63.1 Å². The van der Waals surface area contributed by atoms with E-state index < -0.39 is 11.6 Å². The summed E-state index contributed by atoms with van der Waals surface area (Å²) in [6, 6.07) is 8.77. The minimum absolute atomic E-state index is 0.253. The Labute approximate surface area is 117 Å². The fourth-order valence-electron chi connectivity index (χ4n) is 1.50. The highest BCUT2D eigenvalue weighted by molar-refractivity contribution is 9.10. The molecule has 0 aliphatic heterocycles. The van der Waals surface area contributed by atoms with Gasteiger partial charge in [-0.15, -0.1) is 0 Å². The fraction of sp³-hybridized carbons (Fsp3) is 0.0769. The Morgan fingerprint density at radius 3 is 2.61 bits per heavy atom. The van der Waals surface area contributed by atoms with Crippen LogP contribution in [0.5, 0.6) is 0 Å². The maximum Gasteiger partial charge on any atom is 0.149 e. The highest BCUT2D eigenvalue weighted by Gasteiger charge is 2.05. The summed E-state index contributed by atoms with van der Waals surface area (Å²) >= 11 is 9.26. The van der Waals surface area contributed by atoms with Gasteiger partial charge in [-0.05, 0) is 35.9 Å². The topological polar surface area (TPSA) is 12.0 Å². The van der Waals surface area contributed by atoms with Crippen LogP contribution in [0.15, 0.2) is 40.9 Å². The minimum Gasteiger partial charge on any atom is -0.379 e. The molecule has 0 fully saturated rings. The SMILES string of the molecule is Fc1ccc(NCc2cc(Cl)ccc2Br)c(F)c1. The molecule has 1 N–H and O–H groups in total. The monoisotopic (exact) mass is 331 g/mol. The predicted octanol–water partition coefficient (Wildman–Crippen LogP) is 4.99. The number of halogens is 4. The van der Waals surface area contributed by atoms with Crippen molar-refractivity contribution in [2.45, 2.75) is 6.54 Å². The van der Waals surface area contributed by atoms with Crippen LogP contribution in [-0.2, 0) is 6.54 Å². The zero-order chi connectivity index (χ0) is 13.1. The molecule has 0 aromatic heterocycles. The molecule has 0 aliphatic carbocycles. The van der Waals surface area contributed by atoms with Gasteiger partial charge >= 0.3 is 0 Å². The largest absolute Gasteiger partial charge is 0.379 e. The van der Waals surface area contributed by atoms with Crippen LogP contribution in [0.1, 0.15) is 5.56 Å². The average molecular weight is 333 g/mol. The van der Waals surface area contributed by atoms with Crippen LogP contribution in [0.3, 0.4) is 0 Å². The molecule has 0 aliphatic rings. The second-order valence-electron chi connectivity index (χ2n) is 3.71. The highest BCUT2D eigenvalue weighted by Crippen LogP contribution is 2.23. The van der Waals surface area contributed by atoms with Gasteiger partial charge in [0, 0.05) is 22.1 Å². The van der Waals surface area contributed by atoms with Crippen molar-refractivity contribution in [2.24, 2.45) is 0 Å². The first kappa shape index (κ1) is 13.3. The van der Waals surface area contributed by atoms with E-state index in [1.165, 1.54) is 12.1 Å². The Morgan fingerprint density at radius 2 is 1.89 bits per heavy atom. The predicted molar refractivity (Wildman–Crippen MR) is 72.8 cm³/mol. The first-order chi connectivity index (χ1) is 8.56. The number of hydrogen-bond acceptors (Lipinski definition) is 1. The molecule has 0 atom stereocenters. The average Bonchev–Trinajstić information content (AvgIpc) is 2.32. The Balaban J connectivity index is 2.13. The Bertz CT molecular complexity index is 575. The van der Waals surface area contributed by atoms with Crippen LogP contribution in [0, 0.1) is 11.6 Å². The number of anilines is 1. The van der Waals surface area contributed by atoms with Gasteiger partial charge in [0.2, 0.25) is 0 Å². The normalized spacial score (nSPS) is 10.4. The van der Waals surface area contributed by atoms with Gasteiger partial charge in [-0.2, -0.15) is 0 Å². The number of rotatable bonds is 3. The first-order valence-corrected chi connectivity index (χ1v) is 6.36. The van der Waals surface area contributed by atoms with Gasteiger partial charge in [0.05, 0.1) is 5.69 Å². The molecule has 0 saturated heterocycles. The van der Waals surface area contributed by atoms with Crippen LogP contribution < -0.4 is 5.32 Å². The third-order valence-electron chi connectivity index (χ3n) is 2.41. The summed E-state index contributed by atoms with van der Waals surface area (Å²) < 4.78 is 27.0. The zero-order valence-corrected chi connectivity index (χ0v) is 11.5. The van der Waals surface area contributed by atoms with Gasteiger partial charge in [-0.25, -0.2) is 8.78 Å². The molecular formula is C13H9BrClF2N. The molecule has 0 radical (unpaired) electrons. The van der Waals surface area contributed by atoms with Crippen LogP contribution in [-0.4, -0.2) is 0 Å². The van der Waals surface area contributed by atoms with Gasteiger partial charge in [-0.1, -0.05) is 27.5 Å². The van der Waals surface area contributed by atoms with Gasteiger partial charge in [0.15, 0.2) is 0 Å². The molecule has 0 heterocycles. The minimum atomic E-state index is -0.617. The number of benzene rings is 2. The molecule has 2 rings (SSSR count). The van der Waals surface area contributed by atoms with Crippen LogP contribution >= 0.6 is 27.5 Å². The summed E-state index contributed by atoms with van der Waals surface area (Å²) in [6.07, 6.45) is 0. The van der Waals surface area contributed by atoms with Crippen molar-refractivity contribution >= 4 is 33.2 Å². The van der Waals surface area contributed by atoms with E-state index in [1.807, 2.05) is 6.07 Å². The van der Waals surface area contributed by atoms with E-state index in [-0.39, 0.29) is 5.69 Å². The molecular weight excluding hydrogens is 324 g/mol. The van der Waals surface area contributed by atoms with Gasteiger partial charge in [-0.3, -0.25) is 0 Å². The Kier molecular flexibility index (Phi) is 4.19. The highest BCUT2D eigenvalue weighted by atomic mass is 79.9. The van der Waals surface area contributed by atoms with Crippen molar-refractivity contribution in [1.29, 1.82) is 0 Å². The lowest BCUT2D eigenvalue weighted by atomic mass is 10.2. The number of nitrogens with one attached hydrogen (secondary N) is 1. The van der Waals surface area contributed by atoms with Crippen molar-refractivity contribution in [2.75, 3.05) is 5.32 Å². The summed E-state index contributed by atoms with van der Waals surface area (Å²) in [6.45, 7) is 0.393. The van der Waals surface area contributed by atoms with E-state index in [1.54, 1.807) is 12.1 Å². The molecule has 0 bridgehead atoms. The molecule has 94 valence electrons. The zero-order valence-electron chi connectivity index (χ0n) is 9.18. The lowest BCUT2D eigenvalue weighted by Crippen LogP contribution is -2.02. The summed E-state index contributed by atoms with van der Waals surface area (Å²) in [5.41, 5.74) is 1.15.